The molecule has 0 radical (unpaired) electrons. The molecule has 0 aliphatic heterocycles. The molecule has 1 aromatic carbocycles. The molecule has 3 nitrogen and oxygen atoms in total. The van der Waals surface area contributed by atoms with E-state index >= 15 is 0 Å². The Bertz CT molecular complexity index is 472. The molecule has 0 atom stereocenters. The lowest BCUT2D eigenvalue weighted by Gasteiger charge is -2.06. The van der Waals surface area contributed by atoms with Gasteiger partial charge >= 0.3 is 6.61 Å². The Balaban J connectivity index is 2.53. The van der Waals surface area contributed by atoms with Gasteiger partial charge in [0.25, 0.3) is 0 Å². The van der Waals surface area contributed by atoms with Gasteiger partial charge in [-0.25, -0.2) is 4.98 Å². The van der Waals surface area contributed by atoms with Crippen LogP contribution in [0.4, 0.5) is 8.78 Å². The quantitative estimate of drug-likeness (QED) is 0.875. The van der Waals surface area contributed by atoms with Crippen LogP contribution in [-0.2, 0) is 5.33 Å². The summed E-state index contributed by atoms with van der Waals surface area (Å²) in [5, 5.41) is 0.571. The van der Waals surface area contributed by atoms with Crippen molar-refractivity contribution in [1.82, 2.24) is 9.97 Å². The van der Waals surface area contributed by atoms with E-state index in [0.717, 1.165) is 5.56 Å². The van der Waals surface area contributed by atoms with Crippen LogP contribution in [0.25, 0.3) is 11.0 Å². The number of nitrogens with one attached hydrogen (secondary N) is 1. The number of H-pyrrole nitrogens is 1. The van der Waals surface area contributed by atoms with Crippen LogP contribution in [-0.4, -0.2) is 16.6 Å². The van der Waals surface area contributed by atoms with E-state index in [1.165, 1.54) is 6.33 Å². The van der Waals surface area contributed by atoms with E-state index < -0.39 is 6.61 Å². The summed E-state index contributed by atoms with van der Waals surface area (Å²) < 4.78 is 28.6. The van der Waals surface area contributed by atoms with Crippen LogP contribution in [0.15, 0.2) is 18.5 Å². The van der Waals surface area contributed by atoms with Crippen molar-refractivity contribution in [2.24, 2.45) is 0 Å². The Morgan fingerprint density at radius 1 is 1.47 bits per heavy atom. The molecule has 2 rings (SSSR count). The van der Waals surface area contributed by atoms with Crippen molar-refractivity contribution in [3.05, 3.63) is 24.0 Å². The van der Waals surface area contributed by atoms with Gasteiger partial charge < -0.3 is 9.72 Å². The number of aromatic amines is 1. The highest BCUT2D eigenvalue weighted by Crippen LogP contribution is 2.27. The van der Waals surface area contributed by atoms with Crippen LogP contribution in [0, 0.1) is 0 Å². The van der Waals surface area contributed by atoms with Crippen LogP contribution in [0.3, 0.4) is 0 Å². The van der Waals surface area contributed by atoms with Crippen LogP contribution >= 0.6 is 15.9 Å². The zero-order valence-corrected chi connectivity index (χ0v) is 9.09. The van der Waals surface area contributed by atoms with Gasteiger partial charge in [-0.05, 0) is 17.7 Å². The second-order valence-electron chi connectivity index (χ2n) is 2.90. The number of imidazole rings is 1. The van der Waals surface area contributed by atoms with Crippen LogP contribution in [0.5, 0.6) is 5.75 Å². The highest BCUT2D eigenvalue weighted by Gasteiger charge is 2.11. The first-order valence-electron chi connectivity index (χ1n) is 4.17. The standard InChI is InChI=1S/C9H7BrF2N2O/c10-3-5-1-6-8(14-4-13-6)7(2-5)15-9(11)12/h1-2,4,9H,3H2,(H,13,14). The SMILES string of the molecule is FC(F)Oc1cc(CBr)cc2[nH]cnc12. The first-order chi connectivity index (χ1) is 7.20. The van der Waals surface area contributed by atoms with Crippen molar-refractivity contribution < 1.29 is 13.5 Å². The van der Waals surface area contributed by atoms with E-state index in [2.05, 4.69) is 30.6 Å². The molecule has 0 saturated heterocycles. The van der Waals surface area contributed by atoms with E-state index in [-0.39, 0.29) is 5.75 Å². The van der Waals surface area contributed by atoms with Gasteiger partial charge in [0, 0.05) is 5.33 Å². The summed E-state index contributed by atoms with van der Waals surface area (Å²) in [5.41, 5.74) is 1.95. The Morgan fingerprint density at radius 2 is 2.27 bits per heavy atom. The lowest BCUT2D eigenvalue weighted by Crippen LogP contribution is -2.02. The summed E-state index contributed by atoms with van der Waals surface area (Å²) in [7, 11) is 0. The van der Waals surface area contributed by atoms with Crippen LogP contribution < -0.4 is 4.74 Å². The first-order valence-corrected chi connectivity index (χ1v) is 5.29. The van der Waals surface area contributed by atoms with Crippen molar-refractivity contribution in [3.8, 4) is 5.75 Å². The predicted octanol–water partition coefficient (Wildman–Crippen LogP) is 3.06. The second-order valence-corrected chi connectivity index (χ2v) is 3.47. The molecule has 0 amide bonds. The molecule has 0 fully saturated rings. The maximum absolute atomic E-state index is 12.1. The summed E-state index contributed by atoms with van der Waals surface area (Å²) in [6.45, 7) is -2.84. The largest absolute Gasteiger partial charge is 0.432 e. The fraction of sp³-hybridized carbons (Fsp3) is 0.222. The minimum absolute atomic E-state index is 0.0956. The van der Waals surface area contributed by atoms with Gasteiger partial charge in [-0.1, -0.05) is 15.9 Å². The van der Waals surface area contributed by atoms with E-state index in [9.17, 15) is 8.78 Å². The third-order valence-electron chi connectivity index (χ3n) is 1.92. The van der Waals surface area contributed by atoms with Gasteiger partial charge in [-0.3, -0.25) is 0 Å². The van der Waals surface area contributed by atoms with Crippen LogP contribution in [0.1, 0.15) is 5.56 Å². The number of halogens is 3. The van der Waals surface area contributed by atoms with E-state index in [1.54, 1.807) is 6.07 Å². The molecular formula is C9H7BrF2N2O. The molecule has 0 spiro atoms. The molecule has 0 saturated carbocycles. The minimum Gasteiger partial charge on any atom is -0.432 e. The van der Waals surface area contributed by atoms with Crippen molar-refractivity contribution in [2.45, 2.75) is 11.9 Å². The molecule has 80 valence electrons. The third kappa shape index (κ3) is 2.09. The molecule has 0 unspecified atom stereocenters. The first kappa shape index (κ1) is 10.4. The third-order valence-corrected chi connectivity index (χ3v) is 2.57. The Hall–Kier alpha value is -1.17. The molecule has 0 bridgehead atoms. The van der Waals surface area contributed by atoms with Crippen molar-refractivity contribution in [3.63, 3.8) is 0 Å². The summed E-state index contributed by atoms with van der Waals surface area (Å²) in [6, 6.07) is 3.37. The van der Waals surface area contributed by atoms with Gasteiger partial charge in [-0.15, -0.1) is 0 Å². The number of ether oxygens (including phenoxy) is 1. The highest BCUT2D eigenvalue weighted by molar-refractivity contribution is 9.08. The summed E-state index contributed by atoms with van der Waals surface area (Å²) in [6.07, 6.45) is 1.45. The molecule has 2 aromatic rings. The Morgan fingerprint density at radius 3 is 2.93 bits per heavy atom. The zero-order chi connectivity index (χ0) is 10.8. The molecular weight excluding hydrogens is 270 g/mol. The maximum atomic E-state index is 12.1. The number of fused-ring (bicyclic) bond motifs is 1. The van der Waals surface area contributed by atoms with Crippen molar-refractivity contribution in [2.75, 3.05) is 0 Å². The maximum Gasteiger partial charge on any atom is 0.387 e. The Kier molecular flexibility index (Phi) is 2.86. The number of nitrogens with zero attached hydrogens (tertiary/aromatic N) is 1. The molecule has 1 N–H and O–H groups in total. The molecule has 0 aliphatic rings. The van der Waals surface area contributed by atoms with E-state index in [0.29, 0.717) is 16.4 Å². The van der Waals surface area contributed by atoms with E-state index in [4.69, 9.17) is 0 Å². The zero-order valence-electron chi connectivity index (χ0n) is 7.51. The lowest BCUT2D eigenvalue weighted by molar-refractivity contribution is -0.0489. The number of aromatic nitrogens is 2. The van der Waals surface area contributed by atoms with Crippen molar-refractivity contribution >= 4 is 27.0 Å². The van der Waals surface area contributed by atoms with E-state index in [1.807, 2.05) is 6.07 Å². The number of hydrogen-bond donors (Lipinski definition) is 1. The lowest BCUT2D eigenvalue weighted by atomic mass is 10.2. The topological polar surface area (TPSA) is 37.9 Å². The second kappa shape index (κ2) is 4.14. The number of rotatable bonds is 3. The summed E-state index contributed by atoms with van der Waals surface area (Å²) in [4.78, 5) is 6.77. The summed E-state index contributed by atoms with van der Waals surface area (Å²) in [5.74, 6) is 0.0956. The monoisotopic (exact) mass is 276 g/mol. The summed E-state index contributed by atoms with van der Waals surface area (Å²) >= 11 is 3.25. The molecule has 6 heteroatoms. The average Bonchev–Trinajstić information content (AvgIpc) is 2.64. The number of alkyl halides is 3. The molecule has 15 heavy (non-hydrogen) atoms. The van der Waals surface area contributed by atoms with Crippen molar-refractivity contribution in [1.29, 1.82) is 0 Å². The fourth-order valence-electron chi connectivity index (χ4n) is 1.34. The van der Waals surface area contributed by atoms with Gasteiger partial charge in [0.05, 0.1) is 11.8 Å². The van der Waals surface area contributed by atoms with Gasteiger partial charge in [0.1, 0.15) is 5.52 Å². The normalized spacial score (nSPS) is 11.2. The highest BCUT2D eigenvalue weighted by atomic mass is 79.9. The molecule has 1 aromatic heterocycles. The molecule has 1 heterocycles. The fourth-order valence-corrected chi connectivity index (χ4v) is 1.66. The number of benzene rings is 1. The van der Waals surface area contributed by atoms with Gasteiger partial charge in [0.2, 0.25) is 0 Å². The Labute approximate surface area is 92.6 Å². The molecule has 0 aliphatic carbocycles. The van der Waals surface area contributed by atoms with Crippen LogP contribution in [0.2, 0.25) is 0 Å². The number of hydrogen-bond acceptors (Lipinski definition) is 2. The minimum atomic E-state index is -2.84. The average molecular weight is 277 g/mol. The predicted molar refractivity (Wildman–Crippen MR) is 55.4 cm³/mol. The smallest absolute Gasteiger partial charge is 0.387 e. The van der Waals surface area contributed by atoms with Gasteiger partial charge in [0.15, 0.2) is 5.75 Å². The van der Waals surface area contributed by atoms with Gasteiger partial charge in [-0.2, -0.15) is 8.78 Å².